The van der Waals surface area contributed by atoms with Crippen LogP contribution < -0.4 is 0 Å². The van der Waals surface area contributed by atoms with Gasteiger partial charge in [0, 0.05) is 6.61 Å². The Bertz CT molecular complexity index is 385. The van der Waals surface area contributed by atoms with E-state index in [0.29, 0.717) is 13.0 Å². The third-order valence-corrected chi connectivity index (χ3v) is 7.11. The van der Waals surface area contributed by atoms with Gasteiger partial charge in [0.2, 0.25) is 0 Å². The molecule has 21 heavy (non-hydrogen) atoms. The van der Waals surface area contributed by atoms with Gasteiger partial charge in [0.25, 0.3) is 0 Å². The Labute approximate surface area is 129 Å². The average molecular weight is 336 g/mol. The van der Waals surface area contributed by atoms with E-state index in [2.05, 4.69) is 0 Å². The van der Waals surface area contributed by atoms with E-state index in [-0.39, 0.29) is 12.5 Å². The molecule has 0 saturated carbocycles. The van der Waals surface area contributed by atoms with Crippen LogP contribution in [0.3, 0.4) is 0 Å². The van der Waals surface area contributed by atoms with Gasteiger partial charge in [-0.15, -0.1) is 0 Å². The summed E-state index contributed by atoms with van der Waals surface area (Å²) in [6.07, 6.45) is 5.74. The van der Waals surface area contributed by atoms with Crippen LogP contribution in [0.4, 0.5) is 0 Å². The number of rotatable bonds is 8. The summed E-state index contributed by atoms with van der Waals surface area (Å²) < 4.78 is 28.4. The van der Waals surface area contributed by atoms with Crippen molar-refractivity contribution in [2.45, 2.75) is 58.5 Å². The lowest BCUT2D eigenvalue weighted by Crippen LogP contribution is -2.24. The van der Waals surface area contributed by atoms with Gasteiger partial charge in [0.15, 0.2) is 14.6 Å². The topological polar surface area (TPSA) is 65.0 Å². The van der Waals surface area contributed by atoms with Crippen molar-refractivity contribution in [2.75, 3.05) is 19.4 Å². The Kier molecular flexibility index (Phi) is 7.82. The van der Waals surface area contributed by atoms with Crippen LogP contribution in [0.2, 0.25) is 19.6 Å². The molecule has 0 radical (unpaired) electrons. The van der Waals surface area contributed by atoms with E-state index in [1.165, 1.54) is 0 Å². The van der Waals surface area contributed by atoms with Gasteiger partial charge in [-0.25, -0.2) is 0 Å². The highest BCUT2D eigenvalue weighted by atomic mass is 31.2. The van der Waals surface area contributed by atoms with Crippen molar-refractivity contribution in [1.29, 1.82) is 0 Å². The first kappa shape index (κ1) is 19.1. The molecular weight excluding hydrogens is 307 g/mol. The van der Waals surface area contributed by atoms with Crippen molar-refractivity contribution in [3.8, 4) is 0 Å². The molecule has 1 aliphatic heterocycles. The van der Waals surface area contributed by atoms with Gasteiger partial charge in [0.05, 0.1) is 12.8 Å². The van der Waals surface area contributed by atoms with E-state index in [0.717, 1.165) is 31.4 Å². The predicted molar refractivity (Wildman–Crippen MR) is 87.0 cm³/mol. The quantitative estimate of drug-likeness (QED) is 0.414. The lowest BCUT2D eigenvalue weighted by atomic mass is 10.2. The molecule has 1 N–H and O–H groups in total. The van der Waals surface area contributed by atoms with Gasteiger partial charge in [-0.05, 0) is 52.2 Å². The van der Waals surface area contributed by atoms with Gasteiger partial charge < -0.3 is 18.6 Å². The molecule has 0 aromatic carbocycles. The number of allylic oxidation sites excluding steroid dienone is 1. The van der Waals surface area contributed by atoms with Crippen LogP contribution in [0.15, 0.2) is 11.6 Å². The number of hydrogen-bond acceptors (Lipinski definition) is 4. The monoisotopic (exact) mass is 336 g/mol. The average Bonchev–Trinajstić information content (AvgIpc) is 2.34. The minimum absolute atomic E-state index is 0.0961. The third kappa shape index (κ3) is 9.61. The van der Waals surface area contributed by atoms with Crippen molar-refractivity contribution in [1.82, 2.24) is 0 Å². The largest absolute Gasteiger partial charge is 0.353 e. The summed E-state index contributed by atoms with van der Waals surface area (Å²) in [5.41, 5.74) is 1.05. The zero-order chi connectivity index (χ0) is 15.9. The van der Waals surface area contributed by atoms with Crippen LogP contribution in [-0.2, 0) is 18.3 Å². The van der Waals surface area contributed by atoms with Crippen LogP contribution in [0, 0.1) is 0 Å². The van der Waals surface area contributed by atoms with Crippen molar-refractivity contribution in [3.05, 3.63) is 11.6 Å². The molecule has 0 bridgehead atoms. The summed E-state index contributed by atoms with van der Waals surface area (Å²) in [6, 6.07) is 0. The molecule has 1 aliphatic rings. The fourth-order valence-corrected chi connectivity index (χ4v) is 6.32. The fourth-order valence-electron chi connectivity index (χ4n) is 2.07. The second-order valence-corrected chi connectivity index (χ2v) is 13.2. The van der Waals surface area contributed by atoms with Crippen LogP contribution in [-0.4, -0.2) is 38.9 Å². The molecule has 0 spiro atoms. The standard InChI is InChI=1S/C14H29O5PSi/c1-13(12-18-14-9-5-6-10-17-14)8-7-11-20(15,16)19-21(2,3)4/h8,14H,5-7,9-12H2,1-4H3,(H,15,16)/b13-8+. The first-order chi connectivity index (χ1) is 9.68. The van der Waals surface area contributed by atoms with Crippen molar-refractivity contribution in [3.63, 3.8) is 0 Å². The fraction of sp³-hybridized carbons (Fsp3) is 0.857. The molecule has 7 heteroatoms. The molecule has 0 amide bonds. The number of ether oxygens (including phenoxy) is 2. The predicted octanol–water partition coefficient (Wildman–Crippen LogP) is 3.90. The van der Waals surface area contributed by atoms with Gasteiger partial charge in [0.1, 0.15) is 0 Å². The van der Waals surface area contributed by atoms with Gasteiger partial charge in [-0.1, -0.05) is 11.6 Å². The summed E-state index contributed by atoms with van der Waals surface area (Å²) in [5.74, 6) is 0. The van der Waals surface area contributed by atoms with E-state index < -0.39 is 15.9 Å². The lowest BCUT2D eigenvalue weighted by Gasteiger charge is -2.23. The van der Waals surface area contributed by atoms with Crippen LogP contribution in [0.5, 0.6) is 0 Å². The molecule has 0 aliphatic carbocycles. The highest BCUT2D eigenvalue weighted by molar-refractivity contribution is 7.54. The first-order valence-electron chi connectivity index (χ1n) is 7.59. The zero-order valence-electron chi connectivity index (χ0n) is 13.6. The summed E-state index contributed by atoms with van der Waals surface area (Å²) in [6.45, 7) is 8.98. The molecule has 1 heterocycles. The highest BCUT2D eigenvalue weighted by Crippen LogP contribution is 2.45. The molecule has 0 aromatic rings. The maximum atomic E-state index is 11.9. The van der Waals surface area contributed by atoms with Gasteiger partial charge >= 0.3 is 7.60 Å². The van der Waals surface area contributed by atoms with E-state index in [4.69, 9.17) is 13.7 Å². The minimum atomic E-state index is -3.46. The second kappa shape index (κ2) is 8.60. The highest BCUT2D eigenvalue weighted by Gasteiger charge is 2.27. The smallest absolute Gasteiger partial charge is 0.318 e. The summed E-state index contributed by atoms with van der Waals surface area (Å²) in [5, 5.41) is 0. The Hall–Kier alpha value is 0.0269. The summed E-state index contributed by atoms with van der Waals surface area (Å²) in [7, 11) is -5.45. The normalized spacial score (nSPS) is 23.9. The van der Waals surface area contributed by atoms with E-state index in [9.17, 15) is 9.46 Å². The molecule has 124 valence electrons. The first-order valence-corrected chi connectivity index (χ1v) is 12.8. The Morgan fingerprint density at radius 1 is 1.43 bits per heavy atom. The molecule has 5 nitrogen and oxygen atoms in total. The van der Waals surface area contributed by atoms with Crippen molar-refractivity contribution >= 4 is 15.9 Å². The zero-order valence-corrected chi connectivity index (χ0v) is 15.5. The SMILES string of the molecule is C/C(=C\CCP(=O)(O)O[Si](C)(C)C)COC1CCCCO1. The third-order valence-electron chi connectivity index (χ3n) is 2.96. The molecule has 1 saturated heterocycles. The Morgan fingerprint density at radius 2 is 2.14 bits per heavy atom. The van der Waals surface area contributed by atoms with Gasteiger partial charge in [-0.2, -0.15) is 0 Å². The molecule has 2 unspecified atom stereocenters. The second-order valence-electron chi connectivity index (χ2n) is 6.51. The Morgan fingerprint density at radius 3 is 2.71 bits per heavy atom. The lowest BCUT2D eigenvalue weighted by molar-refractivity contribution is -0.156. The summed E-state index contributed by atoms with van der Waals surface area (Å²) in [4.78, 5) is 9.78. The summed E-state index contributed by atoms with van der Waals surface area (Å²) >= 11 is 0. The van der Waals surface area contributed by atoms with E-state index in [1.54, 1.807) is 0 Å². The van der Waals surface area contributed by atoms with Crippen LogP contribution in [0.1, 0.15) is 32.6 Å². The Balaban J connectivity index is 2.26. The maximum absolute atomic E-state index is 11.9. The molecular formula is C14H29O5PSi. The van der Waals surface area contributed by atoms with E-state index >= 15 is 0 Å². The number of hydrogen-bond donors (Lipinski definition) is 1. The molecule has 1 fully saturated rings. The van der Waals surface area contributed by atoms with Crippen LogP contribution >= 0.6 is 7.60 Å². The van der Waals surface area contributed by atoms with Crippen molar-refractivity contribution in [2.24, 2.45) is 0 Å². The molecule has 1 rings (SSSR count). The van der Waals surface area contributed by atoms with E-state index in [1.807, 2.05) is 32.6 Å². The minimum Gasteiger partial charge on any atom is -0.353 e. The maximum Gasteiger partial charge on any atom is 0.318 e. The van der Waals surface area contributed by atoms with Crippen LogP contribution in [0.25, 0.3) is 0 Å². The van der Waals surface area contributed by atoms with Crippen molar-refractivity contribution < 1.29 is 23.1 Å². The van der Waals surface area contributed by atoms with Gasteiger partial charge in [-0.3, -0.25) is 4.57 Å². The molecule has 0 aromatic heterocycles. The molecule has 2 atom stereocenters.